The van der Waals surface area contributed by atoms with Crippen molar-refractivity contribution in [1.29, 1.82) is 5.41 Å². The van der Waals surface area contributed by atoms with Crippen LogP contribution in [0.15, 0.2) is 36.4 Å². The maximum absolute atomic E-state index is 12.4. The summed E-state index contributed by atoms with van der Waals surface area (Å²) in [5.74, 6) is -1.23. The zero-order valence-corrected chi connectivity index (χ0v) is 16.4. The highest BCUT2D eigenvalue weighted by atomic mass is 31.2. The Morgan fingerprint density at radius 3 is 2.57 bits per heavy atom. The average molecular weight is 434 g/mol. The number of esters is 1. The summed E-state index contributed by atoms with van der Waals surface area (Å²) in [5, 5.41) is 11.9. The number of hydrogen-bond acceptors (Lipinski definition) is 6. The van der Waals surface area contributed by atoms with Gasteiger partial charge in [-0.15, -0.1) is 0 Å². The van der Waals surface area contributed by atoms with Gasteiger partial charge in [-0.3, -0.25) is 14.8 Å². The smallest absolute Gasteiger partial charge is 0.344 e. The number of amides is 1. The molecule has 12 heteroatoms. The first-order valence-corrected chi connectivity index (χ1v) is 10.5. The summed E-state index contributed by atoms with van der Waals surface area (Å²) < 4.78 is 21.8. The first-order chi connectivity index (χ1) is 14.1. The predicted octanol–water partition coefficient (Wildman–Crippen LogP) is 1.01. The molecule has 0 unspecified atom stereocenters. The third-order valence-corrected chi connectivity index (χ3v) is 4.66. The molecule has 0 spiro atoms. The van der Waals surface area contributed by atoms with Crippen LogP contribution in [-0.4, -0.2) is 40.5 Å². The van der Waals surface area contributed by atoms with Gasteiger partial charge in [0.15, 0.2) is 5.96 Å². The zero-order valence-electron chi connectivity index (χ0n) is 15.5. The molecule has 0 saturated carbocycles. The van der Waals surface area contributed by atoms with E-state index < -0.39 is 25.8 Å². The number of ether oxygens (including phenoxy) is 2. The van der Waals surface area contributed by atoms with E-state index in [9.17, 15) is 14.2 Å². The van der Waals surface area contributed by atoms with E-state index in [0.29, 0.717) is 30.0 Å². The largest absolute Gasteiger partial charge is 0.493 e. The van der Waals surface area contributed by atoms with Crippen molar-refractivity contribution < 1.29 is 33.4 Å². The van der Waals surface area contributed by atoms with Gasteiger partial charge >= 0.3 is 13.6 Å². The standard InChI is InChI=1S/C18H19N4O7P/c19-18(20)22-11-3-1-10(2-4-11)17(24)29-12-7-14(13-5-6-28-15(13)8-12)16(23)21-9-30(25,26)27/h1-4,7-8H,5-6,9H2,(H,21,23)(H4,19,20,22)(H2,25,26,27). The molecule has 0 aliphatic carbocycles. The average Bonchev–Trinajstić information content (AvgIpc) is 3.13. The van der Waals surface area contributed by atoms with Crippen LogP contribution in [0.5, 0.6) is 11.5 Å². The van der Waals surface area contributed by atoms with Gasteiger partial charge in [0.2, 0.25) is 0 Å². The summed E-state index contributed by atoms with van der Waals surface area (Å²) >= 11 is 0. The molecule has 0 fully saturated rings. The van der Waals surface area contributed by atoms with Crippen LogP contribution >= 0.6 is 7.60 Å². The molecule has 11 nitrogen and oxygen atoms in total. The maximum Gasteiger partial charge on any atom is 0.344 e. The van der Waals surface area contributed by atoms with E-state index >= 15 is 0 Å². The number of fused-ring (bicyclic) bond motifs is 1. The summed E-state index contributed by atoms with van der Waals surface area (Å²) in [6.45, 7) is 0.329. The molecule has 1 aliphatic rings. The molecule has 2 aromatic rings. The second-order valence-corrected chi connectivity index (χ2v) is 8.03. The Balaban J connectivity index is 1.79. The third kappa shape index (κ3) is 5.35. The minimum atomic E-state index is -4.42. The summed E-state index contributed by atoms with van der Waals surface area (Å²) in [6, 6.07) is 8.85. The van der Waals surface area contributed by atoms with Crippen molar-refractivity contribution in [3.63, 3.8) is 0 Å². The van der Waals surface area contributed by atoms with Gasteiger partial charge < -0.3 is 35.6 Å². The maximum atomic E-state index is 12.4. The second-order valence-electron chi connectivity index (χ2n) is 6.38. The SMILES string of the molecule is N=C(N)Nc1ccc(C(=O)Oc2cc3c(c(C(=O)NCP(=O)(O)O)c2)CCO3)cc1. The van der Waals surface area contributed by atoms with Crippen LogP contribution in [0.2, 0.25) is 0 Å². The first-order valence-electron chi connectivity index (χ1n) is 8.68. The van der Waals surface area contributed by atoms with Gasteiger partial charge in [0.25, 0.3) is 5.91 Å². The van der Waals surface area contributed by atoms with Gasteiger partial charge in [0, 0.05) is 23.7 Å². The van der Waals surface area contributed by atoms with Crippen molar-refractivity contribution in [2.24, 2.45) is 5.73 Å². The molecular weight excluding hydrogens is 415 g/mol. The second kappa shape index (κ2) is 8.54. The molecule has 1 heterocycles. The van der Waals surface area contributed by atoms with Crippen molar-refractivity contribution in [1.82, 2.24) is 5.32 Å². The van der Waals surface area contributed by atoms with Gasteiger partial charge in [-0.2, -0.15) is 0 Å². The van der Waals surface area contributed by atoms with Crippen LogP contribution in [0, 0.1) is 5.41 Å². The highest BCUT2D eigenvalue weighted by Gasteiger charge is 2.25. The first kappa shape index (κ1) is 21.3. The molecule has 30 heavy (non-hydrogen) atoms. The lowest BCUT2D eigenvalue weighted by atomic mass is 10.0. The van der Waals surface area contributed by atoms with Crippen molar-refractivity contribution in [3.05, 3.63) is 53.1 Å². The molecule has 158 valence electrons. The van der Waals surface area contributed by atoms with Crippen molar-refractivity contribution in [2.75, 3.05) is 18.2 Å². The monoisotopic (exact) mass is 434 g/mol. The molecule has 0 radical (unpaired) electrons. The minimum absolute atomic E-state index is 0.0490. The Labute approximate surface area is 170 Å². The fraction of sp³-hybridized carbons (Fsp3) is 0.167. The summed E-state index contributed by atoms with van der Waals surface area (Å²) in [4.78, 5) is 42.7. The van der Waals surface area contributed by atoms with E-state index in [4.69, 9.17) is 30.4 Å². The van der Waals surface area contributed by atoms with Crippen molar-refractivity contribution in [3.8, 4) is 11.5 Å². The highest BCUT2D eigenvalue weighted by molar-refractivity contribution is 7.51. The van der Waals surface area contributed by atoms with Crippen LogP contribution in [0.1, 0.15) is 26.3 Å². The minimum Gasteiger partial charge on any atom is -0.493 e. The van der Waals surface area contributed by atoms with E-state index in [1.807, 2.05) is 0 Å². The topological polar surface area (TPSA) is 184 Å². The van der Waals surface area contributed by atoms with Crippen LogP contribution in [-0.2, 0) is 11.0 Å². The summed E-state index contributed by atoms with van der Waals surface area (Å²) in [5.41, 5.74) is 6.67. The van der Waals surface area contributed by atoms with Crippen LogP contribution < -0.4 is 25.8 Å². The lowest BCUT2D eigenvalue weighted by Gasteiger charge is -2.12. The molecule has 1 amide bonds. The van der Waals surface area contributed by atoms with E-state index in [-0.39, 0.29) is 22.8 Å². The number of hydrogen-bond donors (Lipinski definition) is 6. The fourth-order valence-electron chi connectivity index (χ4n) is 2.81. The number of nitrogens with two attached hydrogens (primary N) is 1. The number of carbonyl (C=O) groups excluding carboxylic acids is 2. The molecule has 2 aromatic carbocycles. The van der Waals surface area contributed by atoms with Crippen molar-refractivity contribution >= 4 is 31.1 Å². The van der Waals surface area contributed by atoms with Gasteiger partial charge in [-0.05, 0) is 30.3 Å². The van der Waals surface area contributed by atoms with E-state index in [0.717, 1.165) is 0 Å². The Morgan fingerprint density at radius 2 is 1.93 bits per heavy atom. The van der Waals surface area contributed by atoms with Gasteiger partial charge in [-0.25, -0.2) is 4.79 Å². The lowest BCUT2D eigenvalue weighted by molar-refractivity contribution is 0.0733. The van der Waals surface area contributed by atoms with E-state index in [1.54, 1.807) is 12.1 Å². The Morgan fingerprint density at radius 1 is 1.23 bits per heavy atom. The Bertz CT molecular complexity index is 1050. The van der Waals surface area contributed by atoms with E-state index in [1.165, 1.54) is 24.3 Å². The quantitative estimate of drug-likeness (QED) is 0.127. The molecular formula is C18H19N4O7P. The predicted molar refractivity (Wildman–Crippen MR) is 107 cm³/mol. The molecule has 1 aliphatic heterocycles. The van der Waals surface area contributed by atoms with Crippen LogP contribution in [0.25, 0.3) is 0 Å². The highest BCUT2D eigenvalue weighted by Crippen LogP contribution is 2.35. The Hall–Kier alpha value is -3.40. The Kier molecular flexibility index (Phi) is 6.06. The normalized spacial score (nSPS) is 12.5. The number of guanidine groups is 1. The number of anilines is 1. The number of benzene rings is 2. The van der Waals surface area contributed by atoms with Crippen LogP contribution in [0.4, 0.5) is 5.69 Å². The van der Waals surface area contributed by atoms with Gasteiger partial charge in [-0.1, -0.05) is 0 Å². The van der Waals surface area contributed by atoms with Crippen LogP contribution in [0.3, 0.4) is 0 Å². The number of rotatable bonds is 6. The lowest BCUT2D eigenvalue weighted by Crippen LogP contribution is -2.25. The molecule has 0 atom stereocenters. The van der Waals surface area contributed by atoms with Gasteiger partial charge in [0.05, 0.1) is 17.7 Å². The number of nitrogens with one attached hydrogen (secondary N) is 3. The third-order valence-electron chi connectivity index (χ3n) is 4.09. The molecule has 0 bridgehead atoms. The number of carbonyl (C=O) groups is 2. The molecule has 0 saturated heterocycles. The van der Waals surface area contributed by atoms with E-state index in [2.05, 4.69) is 10.6 Å². The summed E-state index contributed by atoms with van der Waals surface area (Å²) in [6.07, 6.45) is -0.376. The zero-order chi connectivity index (χ0) is 21.9. The fourth-order valence-corrected chi connectivity index (χ4v) is 3.16. The summed E-state index contributed by atoms with van der Waals surface area (Å²) in [7, 11) is -4.42. The molecule has 3 rings (SSSR count). The van der Waals surface area contributed by atoms with Crippen molar-refractivity contribution in [2.45, 2.75) is 6.42 Å². The van der Waals surface area contributed by atoms with Gasteiger partial charge in [0.1, 0.15) is 17.8 Å². The molecule has 7 N–H and O–H groups in total. The molecule has 0 aromatic heterocycles.